The van der Waals surface area contributed by atoms with E-state index in [0.717, 1.165) is 18.4 Å². The minimum atomic E-state index is -0.143. The Labute approximate surface area is 123 Å². The smallest absolute Gasteiger partial charge is 0.313 e. The number of carbonyl (C=O) groups is 1. The molecule has 0 fully saturated rings. The lowest BCUT2D eigenvalue weighted by Gasteiger charge is -2.13. The van der Waals surface area contributed by atoms with E-state index in [9.17, 15) is 4.79 Å². The first-order valence-electron chi connectivity index (χ1n) is 6.45. The van der Waals surface area contributed by atoms with Gasteiger partial charge in [0.15, 0.2) is 0 Å². The Morgan fingerprint density at radius 1 is 1.28 bits per heavy atom. The van der Waals surface area contributed by atoms with E-state index in [0.29, 0.717) is 0 Å². The molecule has 1 aromatic carbocycles. The number of benzene rings is 1. The van der Waals surface area contributed by atoms with Gasteiger partial charge in [-0.3, -0.25) is 4.79 Å². The monoisotopic (exact) mass is 360 g/mol. The van der Waals surface area contributed by atoms with E-state index >= 15 is 0 Å². The molecule has 0 saturated heterocycles. The molecule has 1 aromatic rings. The fraction of sp³-hybridized carbons (Fsp3) is 0.533. The van der Waals surface area contributed by atoms with Crippen LogP contribution in [0.15, 0.2) is 24.3 Å². The van der Waals surface area contributed by atoms with Crippen molar-refractivity contribution < 1.29 is 9.53 Å². The Balaban J connectivity index is 2.65. The molecular formula is C15H21IO2. The average molecular weight is 360 g/mol. The first-order chi connectivity index (χ1) is 8.72. The molecule has 0 amide bonds. The molecule has 1 rings (SSSR count). The first-order valence-corrected chi connectivity index (χ1v) is 7.98. The van der Waals surface area contributed by atoms with Crippen LogP contribution in [0.25, 0.3) is 0 Å². The second-order valence-electron chi connectivity index (χ2n) is 4.37. The van der Waals surface area contributed by atoms with Crippen molar-refractivity contribution in [3.8, 4) is 0 Å². The van der Waals surface area contributed by atoms with E-state index in [1.54, 1.807) is 0 Å². The van der Waals surface area contributed by atoms with Crippen molar-refractivity contribution in [2.45, 2.75) is 38.5 Å². The normalized spacial score (nSPS) is 12.2. The highest BCUT2D eigenvalue weighted by molar-refractivity contribution is 14.1. The topological polar surface area (TPSA) is 26.3 Å². The van der Waals surface area contributed by atoms with E-state index in [-0.39, 0.29) is 11.9 Å². The highest BCUT2D eigenvalue weighted by Gasteiger charge is 2.18. The first kappa shape index (κ1) is 15.5. The Hall–Kier alpha value is -0.580. The van der Waals surface area contributed by atoms with Crippen molar-refractivity contribution in [1.29, 1.82) is 0 Å². The largest absolute Gasteiger partial charge is 0.469 e. The van der Waals surface area contributed by atoms with Gasteiger partial charge in [-0.2, -0.15) is 0 Å². The number of methoxy groups -OCH3 is 1. The average Bonchev–Trinajstić information content (AvgIpc) is 2.41. The van der Waals surface area contributed by atoms with Gasteiger partial charge >= 0.3 is 5.97 Å². The van der Waals surface area contributed by atoms with Gasteiger partial charge < -0.3 is 4.74 Å². The van der Waals surface area contributed by atoms with E-state index in [4.69, 9.17) is 4.74 Å². The van der Waals surface area contributed by atoms with Gasteiger partial charge in [-0.1, -0.05) is 53.8 Å². The Morgan fingerprint density at radius 3 is 2.44 bits per heavy atom. The molecule has 0 aromatic heterocycles. The zero-order valence-electron chi connectivity index (χ0n) is 11.1. The molecule has 100 valence electrons. The van der Waals surface area contributed by atoms with Gasteiger partial charge in [0, 0.05) is 0 Å². The van der Waals surface area contributed by atoms with Gasteiger partial charge in [-0.15, -0.1) is 0 Å². The summed E-state index contributed by atoms with van der Waals surface area (Å²) in [7, 11) is 1.45. The fourth-order valence-electron chi connectivity index (χ4n) is 2.02. The molecule has 0 N–H and O–H groups in total. The van der Waals surface area contributed by atoms with Crippen molar-refractivity contribution in [3.63, 3.8) is 0 Å². The van der Waals surface area contributed by atoms with E-state index < -0.39 is 0 Å². The Kier molecular flexibility index (Phi) is 7.32. The Morgan fingerprint density at radius 2 is 1.94 bits per heavy atom. The lowest BCUT2D eigenvalue weighted by molar-refractivity contribution is -0.142. The summed E-state index contributed by atoms with van der Waals surface area (Å²) in [6.45, 7) is 2.01. The number of hydrogen-bond donors (Lipinski definition) is 0. The molecule has 0 radical (unpaired) electrons. The lowest BCUT2D eigenvalue weighted by Crippen LogP contribution is -2.13. The zero-order chi connectivity index (χ0) is 13.4. The van der Waals surface area contributed by atoms with Crippen molar-refractivity contribution in [2.24, 2.45) is 0 Å². The summed E-state index contributed by atoms with van der Waals surface area (Å²) in [5.74, 6) is -0.270. The van der Waals surface area contributed by atoms with Crippen molar-refractivity contribution in [2.75, 3.05) is 11.5 Å². The number of rotatable bonds is 7. The number of ether oxygens (including phenoxy) is 1. The molecule has 2 nitrogen and oxygen atoms in total. The third-order valence-electron chi connectivity index (χ3n) is 3.13. The quantitative estimate of drug-likeness (QED) is 0.317. The van der Waals surface area contributed by atoms with Crippen LogP contribution in [0.2, 0.25) is 0 Å². The number of esters is 1. The van der Waals surface area contributed by atoms with Crippen LogP contribution < -0.4 is 0 Å². The van der Waals surface area contributed by atoms with Gasteiger partial charge in [0.25, 0.3) is 0 Å². The summed E-state index contributed by atoms with van der Waals surface area (Å²) in [4.78, 5) is 11.6. The maximum absolute atomic E-state index is 11.6. The fourth-order valence-corrected chi connectivity index (χ4v) is 2.56. The van der Waals surface area contributed by atoms with Gasteiger partial charge in [0.1, 0.15) is 0 Å². The van der Waals surface area contributed by atoms with Crippen LogP contribution in [-0.2, 0) is 16.0 Å². The Bertz CT molecular complexity index is 359. The third-order valence-corrected chi connectivity index (χ3v) is 3.89. The zero-order valence-corrected chi connectivity index (χ0v) is 13.3. The summed E-state index contributed by atoms with van der Waals surface area (Å²) < 4.78 is 6.05. The van der Waals surface area contributed by atoms with Crippen LogP contribution in [0.4, 0.5) is 0 Å². The standard InChI is InChI=1S/C15H21IO2/c1-3-14(15(17)18-2)13-9-7-12(8-10-13)6-4-5-11-16/h7-10,14H,3-6,11H2,1-2H3/t14-/m0/s1. The second kappa shape index (κ2) is 8.51. The maximum Gasteiger partial charge on any atom is 0.313 e. The molecule has 0 aliphatic rings. The molecule has 3 heteroatoms. The van der Waals surface area contributed by atoms with Gasteiger partial charge in [0.2, 0.25) is 0 Å². The minimum Gasteiger partial charge on any atom is -0.469 e. The summed E-state index contributed by atoms with van der Waals surface area (Å²) in [6.07, 6.45) is 4.40. The molecular weight excluding hydrogens is 339 g/mol. The van der Waals surface area contributed by atoms with Crippen LogP contribution in [0.3, 0.4) is 0 Å². The number of carbonyl (C=O) groups excluding carboxylic acids is 1. The number of hydrogen-bond acceptors (Lipinski definition) is 2. The third kappa shape index (κ3) is 4.59. The number of halogens is 1. The lowest BCUT2D eigenvalue weighted by atomic mass is 9.95. The molecule has 1 atom stereocenters. The second-order valence-corrected chi connectivity index (χ2v) is 5.45. The molecule has 18 heavy (non-hydrogen) atoms. The van der Waals surface area contributed by atoms with Crippen molar-refractivity contribution >= 4 is 28.6 Å². The van der Waals surface area contributed by atoms with Crippen molar-refractivity contribution in [3.05, 3.63) is 35.4 Å². The minimum absolute atomic E-state index is 0.126. The molecule has 0 spiro atoms. The highest BCUT2D eigenvalue weighted by Crippen LogP contribution is 2.21. The van der Waals surface area contributed by atoms with E-state index in [1.165, 1.54) is 29.9 Å². The number of aryl methyl sites for hydroxylation is 1. The van der Waals surface area contributed by atoms with Crippen LogP contribution in [-0.4, -0.2) is 17.5 Å². The van der Waals surface area contributed by atoms with Crippen LogP contribution in [0.5, 0.6) is 0 Å². The highest BCUT2D eigenvalue weighted by atomic mass is 127. The van der Waals surface area contributed by atoms with E-state index in [2.05, 4.69) is 46.9 Å². The van der Waals surface area contributed by atoms with Crippen LogP contribution in [0, 0.1) is 0 Å². The molecule has 0 aliphatic carbocycles. The van der Waals surface area contributed by atoms with E-state index in [1.807, 2.05) is 6.92 Å². The predicted molar refractivity (Wildman–Crippen MR) is 83.3 cm³/mol. The SMILES string of the molecule is CC[C@H](C(=O)OC)c1ccc(CCCCI)cc1. The number of alkyl halides is 1. The van der Waals surface area contributed by atoms with Gasteiger partial charge in [-0.25, -0.2) is 0 Å². The maximum atomic E-state index is 11.6. The van der Waals surface area contributed by atoms with Gasteiger partial charge in [-0.05, 0) is 41.2 Å². The molecule has 0 heterocycles. The predicted octanol–water partition coefficient (Wildman–Crippen LogP) is 4.11. The van der Waals surface area contributed by atoms with Crippen molar-refractivity contribution in [1.82, 2.24) is 0 Å². The summed E-state index contributed by atoms with van der Waals surface area (Å²) >= 11 is 2.41. The van der Waals surface area contributed by atoms with Gasteiger partial charge in [0.05, 0.1) is 13.0 Å². The summed E-state index contributed by atoms with van der Waals surface area (Å²) in [5.41, 5.74) is 2.41. The van der Waals surface area contributed by atoms with Crippen LogP contribution in [0.1, 0.15) is 43.2 Å². The van der Waals surface area contributed by atoms with Crippen LogP contribution >= 0.6 is 22.6 Å². The molecule has 0 aliphatic heterocycles. The molecule has 0 bridgehead atoms. The summed E-state index contributed by atoms with van der Waals surface area (Å²) in [6, 6.07) is 8.39. The molecule has 0 saturated carbocycles. The number of unbranched alkanes of at least 4 members (excludes halogenated alkanes) is 1. The molecule has 0 unspecified atom stereocenters. The summed E-state index contributed by atoms with van der Waals surface area (Å²) in [5, 5.41) is 0.